The third kappa shape index (κ3) is 5.07. The minimum Gasteiger partial charge on any atom is -0.486 e. The Morgan fingerprint density at radius 3 is 2.63 bits per heavy atom. The predicted molar refractivity (Wildman–Crippen MR) is 102 cm³/mol. The molecule has 0 aliphatic carbocycles. The molecule has 0 bridgehead atoms. The number of anilines is 1. The maximum Gasteiger partial charge on any atom is 0.271 e. The van der Waals surface area contributed by atoms with E-state index in [1.165, 1.54) is 0 Å². The van der Waals surface area contributed by atoms with Crippen LogP contribution in [0.15, 0.2) is 47.6 Å². The number of hydrazone groups is 1. The molecule has 0 saturated carbocycles. The number of carbonyl (C=O) groups is 2. The molecule has 0 aromatic heterocycles. The summed E-state index contributed by atoms with van der Waals surface area (Å²) in [7, 11) is 0. The summed E-state index contributed by atoms with van der Waals surface area (Å²) >= 11 is 0. The Kier molecular flexibility index (Phi) is 5.71. The van der Waals surface area contributed by atoms with Gasteiger partial charge in [-0.25, -0.2) is 5.43 Å². The molecule has 7 nitrogen and oxygen atoms in total. The second kappa shape index (κ2) is 8.35. The smallest absolute Gasteiger partial charge is 0.271 e. The molecule has 2 aromatic rings. The molecule has 1 aliphatic heterocycles. The number of nitrogens with one attached hydrogen (secondary N) is 2. The Bertz CT molecular complexity index is 893. The predicted octanol–water partition coefficient (Wildman–Crippen LogP) is 2.90. The van der Waals surface area contributed by atoms with Gasteiger partial charge >= 0.3 is 0 Å². The van der Waals surface area contributed by atoms with Gasteiger partial charge < -0.3 is 14.8 Å². The topological polar surface area (TPSA) is 89.0 Å². The molecule has 1 aliphatic rings. The van der Waals surface area contributed by atoms with Crippen LogP contribution in [-0.4, -0.2) is 30.7 Å². The zero-order chi connectivity index (χ0) is 19.2. The van der Waals surface area contributed by atoms with Gasteiger partial charge in [0, 0.05) is 23.0 Å². The number of amides is 2. The lowest BCUT2D eigenvalue weighted by Gasteiger charge is -2.19. The Balaban J connectivity index is 1.54. The van der Waals surface area contributed by atoms with E-state index in [0.29, 0.717) is 41.7 Å². The van der Waals surface area contributed by atoms with Gasteiger partial charge in [-0.1, -0.05) is 17.7 Å². The Hall–Kier alpha value is -3.35. The summed E-state index contributed by atoms with van der Waals surface area (Å²) in [6.45, 7) is 4.59. The van der Waals surface area contributed by atoms with Crippen molar-refractivity contribution >= 4 is 23.2 Å². The molecule has 0 atom stereocenters. The Morgan fingerprint density at radius 1 is 1.07 bits per heavy atom. The first kappa shape index (κ1) is 18.4. The van der Waals surface area contributed by atoms with Crippen molar-refractivity contribution in [1.29, 1.82) is 0 Å². The van der Waals surface area contributed by atoms with Crippen LogP contribution in [0, 0.1) is 6.92 Å². The van der Waals surface area contributed by atoms with E-state index in [2.05, 4.69) is 15.8 Å². The molecular weight excluding hydrogens is 346 g/mol. The van der Waals surface area contributed by atoms with Crippen molar-refractivity contribution in [2.75, 3.05) is 18.5 Å². The molecule has 1 heterocycles. The second-order valence-corrected chi connectivity index (χ2v) is 6.24. The standard InChI is InChI=1S/C20H21N3O4/c1-13-4-3-5-15(10-13)20(25)23-22-14(2)11-19(24)21-16-6-7-17-18(12-16)27-9-8-26-17/h3-7,10,12H,8-9,11H2,1-2H3,(H,21,24)(H,23,25). The summed E-state index contributed by atoms with van der Waals surface area (Å²) in [4.78, 5) is 24.2. The highest BCUT2D eigenvalue weighted by Gasteiger charge is 2.13. The van der Waals surface area contributed by atoms with Crippen molar-refractivity contribution < 1.29 is 19.1 Å². The number of benzene rings is 2. The number of nitrogens with zero attached hydrogens (tertiary/aromatic N) is 1. The maximum absolute atomic E-state index is 12.2. The first-order chi connectivity index (χ1) is 13.0. The average molecular weight is 367 g/mol. The zero-order valence-corrected chi connectivity index (χ0v) is 15.2. The molecule has 7 heteroatoms. The van der Waals surface area contributed by atoms with E-state index >= 15 is 0 Å². The van der Waals surface area contributed by atoms with Crippen LogP contribution in [-0.2, 0) is 4.79 Å². The van der Waals surface area contributed by atoms with Crippen LogP contribution < -0.4 is 20.2 Å². The van der Waals surface area contributed by atoms with E-state index in [1.807, 2.05) is 19.1 Å². The van der Waals surface area contributed by atoms with E-state index in [0.717, 1.165) is 5.56 Å². The average Bonchev–Trinajstić information content (AvgIpc) is 2.66. The second-order valence-electron chi connectivity index (χ2n) is 6.24. The van der Waals surface area contributed by atoms with Gasteiger partial charge in [-0.3, -0.25) is 9.59 Å². The molecule has 0 spiro atoms. The summed E-state index contributed by atoms with van der Waals surface area (Å²) in [5, 5.41) is 6.78. The highest BCUT2D eigenvalue weighted by molar-refractivity contribution is 6.06. The van der Waals surface area contributed by atoms with Crippen molar-refractivity contribution in [2.24, 2.45) is 5.10 Å². The van der Waals surface area contributed by atoms with Crippen molar-refractivity contribution in [3.05, 3.63) is 53.6 Å². The molecular formula is C20H21N3O4. The number of carbonyl (C=O) groups excluding carboxylic acids is 2. The number of rotatable bonds is 5. The number of aryl methyl sites for hydroxylation is 1. The highest BCUT2D eigenvalue weighted by Crippen LogP contribution is 2.32. The number of hydrogen-bond donors (Lipinski definition) is 2. The molecule has 0 saturated heterocycles. The van der Waals surface area contributed by atoms with Gasteiger partial charge in [0.2, 0.25) is 5.91 Å². The normalized spacial score (nSPS) is 13.0. The quantitative estimate of drug-likeness (QED) is 0.628. The number of hydrogen-bond acceptors (Lipinski definition) is 5. The van der Waals surface area contributed by atoms with Crippen LogP contribution in [0.2, 0.25) is 0 Å². The number of ether oxygens (including phenoxy) is 2. The Morgan fingerprint density at radius 2 is 1.85 bits per heavy atom. The first-order valence-electron chi connectivity index (χ1n) is 8.61. The number of fused-ring (bicyclic) bond motifs is 1. The fourth-order valence-electron chi connectivity index (χ4n) is 2.60. The zero-order valence-electron chi connectivity index (χ0n) is 15.2. The van der Waals surface area contributed by atoms with E-state index in [9.17, 15) is 9.59 Å². The third-order valence-corrected chi connectivity index (χ3v) is 3.87. The fraction of sp³-hybridized carbons (Fsp3) is 0.250. The molecule has 2 aromatic carbocycles. The van der Waals surface area contributed by atoms with Crippen LogP contribution >= 0.6 is 0 Å². The van der Waals surface area contributed by atoms with Gasteiger partial charge in [0.25, 0.3) is 5.91 Å². The molecule has 2 amide bonds. The lowest BCUT2D eigenvalue weighted by Crippen LogP contribution is -2.21. The summed E-state index contributed by atoms with van der Waals surface area (Å²) in [5.41, 5.74) is 5.08. The van der Waals surface area contributed by atoms with Crippen LogP contribution in [0.1, 0.15) is 29.3 Å². The lowest BCUT2D eigenvalue weighted by atomic mass is 10.1. The molecule has 0 radical (unpaired) electrons. The van der Waals surface area contributed by atoms with Gasteiger partial charge in [0.05, 0.1) is 6.42 Å². The van der Waals surface area contributed by atoms with Crippen LogP contribution in [0.5, 0.6) is 11.5 Å². The van der Waals surface area contributed by atoms with Crippen molar-refractivity contribution in [2.45, 2.75) is 20.3 Å². The first-order valence-corrected chi connectivity index (χ1v) is 8.61. The largest absolute Gasteiger partial charge is 0.486 e. The third-order valence-electron chi connectivity index (χ3n) is 3.87. The van der Waals surface area contributed by atoms with E-state index in [-0.39, 0.29) is 18.2 Å². The monoisotopic (exact) mass is 367 g/mol. The minimum absolute atomic E-state index is 0.0581. The molecule has 0 fully saturated rings. The van der Waals surface area contributed by atoms with Crippen molar-refractivity contribution in [1.82, 2.24) is 5.43 Å². The van der Waals surface area contributed by atoms with Crippen molar-refractivity contribution in [3.8, 4) is 11.5 Å². The summed E-state index contributed by atoms with van der Waals surface area (Å²) in [6, 6.07) is 12.4. The van der Waals surface area contributed by atoms with Gasteiger partial charge in [-0.2, -0.15) is 5.10 Å². The fourth-order valence-corrected chi connectivity index (χ4v) is 2.60. The molecule has 3 rings (SSSR count). The van der Waals surface area contributed by atoms with Crippen LogP contribution in [0.25, 0.3) is 0 Å². The molecule has 2 N–H and O–H groups in total. The van der Waals surface area contributed by atoms with Crippen LogP contribution in [0.3, 0.4) is 0 Å². The van der Waals surface area contributed by atoms with E-state index in [4.69, 9.17) is 9.47 Å². The molecule has 140 valence electrons. The highest BCUT2D eigenvalue weighted by atomic mass is 16.6. The SMILES string of the molecule is CC(CC(=O)Nc1ccc2c(c1)OCCO2)=NNC(=O)c1cccc(C)c1. The minimum atomic E-state index is -0.315. The summed E-state index contributed by atoms with van der Waals surface area (Å²) < 4.78 is 10.9. The van der Waals surface area contributed by atoms with Gasteiger partial charge in [-0.05, 0) is 38.1 Å². The van der Waals surface area contributed by atoms with Gasteiger partial charge in [0.1, 0.15) is 13.2 Å². The van der Waals surface area contributed by atoms with Crippen molar-refractivity contribution in [3.63, 3.8) is 0 Å². The van der Waals surface area contributed by atoms with E-state index < -0.39 is 0 Å². The summed E-state index contributed by atoms with van der Waals surface area (Å²) in [5.74, 6) is 0.716. The molecule has 0 unspecified atom stereocenters. The summed E-state index contributed by atoms with van der Waals surface area (Å²) in [6.07, 6.45) is 0.0581. The lowest BCUT2D eigenvalue weighted by molar-refractivity contribution is -0.115. The van der Waals surface area contributed by atoms with Crippen LogP contribution in [0.4, 0.5) is 5.69 Å². The van der Waals surface area contributed by atoms with E-state index in [1.54, 1.807) is 37.3 Å². The maximum atomic E-state index is 12.2. The van der Waals surface area contributed by atoms with Gasteiger partial charge in [-0.15, -0.1) is 0 Å². The Labute approximate surface area is 157 Å². The molecule has 27 heavy (non-hydrogen) atoms. The van der Waals surface area contributed by atoms with Gasteiger partial charge in [0.15, 0.2) is 11.5 Å².